The van der Waals surface area contributed by atoms with Crippen LogP contribution in [0.5, 0.6) is 0 Å². The summed E-state index contributed by atoms with van der Waals surface area (Å²) >= 11 is 9.95. The summed E-state index contributed by atoms with van der Waals surface area (Å²) in [6.07, 6.45) is 2.58. The number of nitrogens with zero attached hydrogens (tertiary/aromatic N) is 1. The predicted octanol–water partition coefficient (Wildman–Crippen LogP) is 4.86. The lowest BCUT2D eigenvalue weighted by Gasteiger charge is -2.40. The van der Waals surface area contributed by atoms with E-state index in [0.717, 1.165) is 22.8 Å². The fourth-order valence-corrected chi connectivity index (χ4v) is 3.34. The fraction of sp³-hybridized carbons (Fsp3) is 0.571. The number of para-hydroxylation sites is 1. The van der Waals surface area contributed by atoms with E-state index in [1.165, 1.54) is 24.1 Å². The molecule has 3 heteroatoms. The first-order chi connectivity index (χ1) is 8.13. The maximum Gasteiger partial charge on any atom is 0.0642 e. The lowest BCUT2D eigenvalue weighted by molar-refractivity contribution is 0.390. The van der Waals surface area contributed by atoms with E-state index in [4.69, 9.17) is 11.6 Å². The lowest BCUT2D eigenvalue weighted by atomic mass is 9.94. The third-order valence-corrected chi connectivity index (χ3v) is 4.53. The standard InChI is InChI=1S/C14H19BrClN/c1-10-6-7-11(2)17(9-10)14-12(8-15)4-3-5-13(14)16/h3-5,10-11H,6-9H2,1-2H3. The van der Waals surface area contributed by atoms with Crippen LogP contribution in [-0.4, -0.2) is 12.6 Å². The molecule has 17 heavy (non-hydrogen) atoms. The molecule has 1 saturated heterocycles. The molecule has 1 fully saturated rings. The first-order valence-corrected chi connectivity index (χ1v) is 7.73. The predicted molar refractivity (Wildman–Crippen MR) is 79.3 cm³/mol. The highest BCUT2D eigenvalue weighted by molar-refractivity contribution is 9.08. The molecule has 0 saturated carbocycles. The average Bonchev–Trinajstić information content (AvgIpc) is 2.32. The van der Waals surface area contributed by atoms with Gasteiger partial charge in [0.25, 0.3) is 0 Å². The molecular formula is C14H19BrClN. The zero-order valence-corrected chi connectivity index (χ0v) is 12.8. The maximum absolute atomic E-state index is 6.39. The molecule has 1 nitrogen and oxygen atoms in total. The van der Waals surface area contributed by atoms with E-state index in [1.54, 1.807) is 0 Å². The van der Waals surface area contributed by atoms with Crippen LogP contribution in [0.4, 0.5) is 5.69 Å². The summed E-state index contributed by atoms with van der Waals surface area (Å²) in [4.78, 5) is 2.48. The monoisotopic (exact) mass is 315 g/mol. The molecule has 1 aromatic rings. The topological polar surface area (TPSA) is 3.24 Å². The van der Waals surface area contributed by atoms with Gasteiger partial charge in [0.05, 0.1) is 10.7 Å². The Morgan fingerprint density at radius 2 is 2.12 bits per heavy atom. The molecule has 0 spiro atoms. The summed E-state index contributed by atoms with van der Waals surface area (Å²) in [7, 11) is 0. The van der Waals surface area contributed by atoms with Gasteiger partial charge in [-0.3, -0.25) is 0 Å². The molecule has 0 aliphatic carbocycles. The van der Waals surface area contributed by atoms with Gasteiger partial charge in [-0.2, -0.15) is 0 Å². The van der Waals surface area contributed by atoms with E-state index in [9.17, 15) is 0 Å². The number of halogens is 2. The van der Waals surface area contributed by atoms with Crippen LogP contribution in [-0.2, 0) is 5.33 Å². The second kappa shape index (κ2) is 5.62. The zero-order valence-electron chi connectivity index (χ0n) is 10.4. The van der Waals surface area contributed by atoms with Crippen LogP contribution in [0.2, 0.25) is 5.02 Å². The molecule has 1 aliphatic rings. The van der Waals surface area contributed by atoms with Crippen LogP contribution in [0.3, 0.4) is 0 Å². The van der Waals surface area contributed by atoms with Crippen LogP contribution in [0.1, 0.15) is 32.3 Å². The van der Waals surface area contributed by atoms with Crippen LogP contribution in [0.25, 0.3) is 0 Å². The van der Waals surface area contributed by atoms with E-state index >= 15 is 0 Å². The molecule has 0 amide bonds. The Bertz CT molecular complexity index is 394. The summed E-state index contributed by atoms with van der Waals surface area (Å²) in [6, 6.07) is 6.76. The molecule has 0 bridgehead atoms. The molecular weight excluding hydrogens is 298 g/mol. The maximum atomic E-state index is 6.39. The summed E-state index contributed by atoms with van der Waals surface area (Å²) in [6.45, 7) is 5.74. The smallest absolute Gasteiger partial charge is 0.0642 e. The van der Waals surface area contributed by atoms with Crippen molar-refractivity contribution in [1.29, 1.82) is 0 Å². The highest BCUT2D eigenvalue weighted by Crippen LogP contribution is 2.36. The Balaban J connectivity index is 2.37. The Kier molecular flexibility index (Phi) is 4.37. The SMILES string of the molecule is CC1CCC(C)N(c2c(Cl)cccc2CBr)C1. The Hall–Kier alpha value is -0.210. The quantitative estimate of drug-likeness (QED) is 0.704. The number of anilines is 1. The molecule has 2 atom stereocenters. The Labute approximate surface area is 117 Å². The van der Waals surface area contributed by atoms with E-state index in [-0.39, 0.29) is 0 Å². The molecule has 1 aromatic carbocycles. The second-order valence-electron chi connectivity index (χ2n) is 5.07. The number of hydrogen-bond acceptors (Lipinski definition) is 1. The zero-order chi connectivity index (χ0) is 12.4. The van der Waals surface area contributed by atoms with Crippen LogP contribution in [0.15, 0.2) is 18.2 Å². The number of rotatable bonds is 2. The Morgan fingerprint density at radius 3 is 2.82 bits per heavy atom. The van der Waals surface area contributed by atoms with Gasteiger partial charge in [0.2, 0.25) is 0 Å². The first-order valence-electron chi connectivity index (χ1n) is 6.23. The minimum absolute atomic E-state index is 0.587. The van der Waals surface area contributed by atoms with Crippen LogP contribution >= 0.6 is 27.5 Å². The van der Waals surface area contributed by atoms with Gasteiger partial charge in [0, 0.05) is 17.9 Å². The summed E-state index contributed by atoms with van der Waals surface area (Å²) < 4.78 is 0. The van der Waals surface area contributed by atoms with Crippen molar-refractivity contribution >= 4 is 33.2 Å². The average molecular weight is 317 g/mol. The minimum atomic E-state index is 0.587. The van der Waals surface area contributed by atoms with Crippen LogP contribution in [0, 0.1) is 5.92 Å². The van der Waals surface area contributed by atoms with Gasteiger partial charge in [0.15, 0.2) is 0 Å². The fourth-order valence-electron chi connectivity index (χ4n) is 2.59. The van der Waals surface area contributed by atoms with Gasteiger partial charge in [-0.25, -0.2) is 0 Å². The number of alkyl halides is 1. The van der Waals surface area contributed by atoms with Crippen molar-refractivity contribution in [2.45, 2.75) is 38.1 Å². The summed E-state index contributed by atoms with van der Waals surface area (Å²) in [5, 5.41) is 1.74. The van der Waals surface area contributed by atoms with E-state index in [2.05, 4.69) is 40.7 Å². The number of piperidine rings is 1. The van der Waals surface area contributed by atoms with Crippen molar-refractivity contribution in [2.75, 3.05) is 11.4 Å². The Morgan fingerprint density at radius 1 is 1.35 bits per heavy atom. The molecule has 0 N–H and O–H groups in total. The van der Waals surface area contributed by atoms with Crippen molar-refractivity contribution < 1.29 is 0 Å². The van der Waals surface area contributed by atoms with Gasteiger partial charge in [-0.05, 0) is 37.3 Å². The number of benzene rings is 1. The van der Waals surface area contributed by atoms with Crippen molar-refractivity contribution in [2.24, 2.45) is 5.92 Å². The van der Waals surface area contributed by atoms with E-state index in [1.807, 2.05) is 12.1 Å². The van der Waals surface area contributed by atoms with Crippen molar-refractivity contribution in [3.05, 3.63) is 28.8 Å². The van der Waals surface area contributed by atoms with Gasteiger partial charge >= 0.3 is 0 Å². The van der Waals surface area contributed by atoms with Gasteiger partial charge in [0.1, 0.15) is 0 Å². The minimum Gasteiger partial charge on any atom is -0.367 e. The van der Waals surface area contributed by atoms with Crippen molar-refractivity contribution in [3.63, 3.8) is 0 Å². The van der Waals surface area contributed by atoms with Crippen LogP contribution < -0.4 is 4.90 Å². The lowest BCUT2D eigenvalue weighted by Crippen LogP contribution is -2.41. The molecule has 1 heterocycles. The molecule has 0 radical (unpaired) electrons. The molecule has 94 valence electrons. The normalized spacial score (nSPS) is 25.1. The van der Waals surface area contributed by atoms with Gasteiger partial charge < -0.3 is 4.90 Å². The third kappa shape index (κ3) is 2.79. The highest BCUT2D eigenvalue weighted by Gasteiger charge is 2.25. The second-order valence-corrected chi connectivity index (χ2v) is 6.03. The first kappa shape index (κ1) is 13.2. The van der Waals surface area contributed by atoms with Crippen molar-refractivity contribution in [3.8, 4) is 0 Å². The third-order valence-electron chi connectivity index (χ3n) is 3.62. The molecule has 1 aliphatic heterocycles. The number of hydrogen-bond donors (Lipinski definition) is 0. The highest BCUT2D eigenvalue weighted by atomic mass is 79.9. The summed E-state index contributed by atoms with van der Waals surface area (Å²) in [5.41, 5.74) is 2.52. The summed E-state index contributed by atoms with van der Waals surface area (Å²) in [5.74, 6) is 0.755. The van der Waals surface area contributed by atoms with Gasteiger partial charge in [-0.1, -0.05) is 46.6 Å². The van der Waals surface area contributed by atoms with Crippen molar-refractivity contribution in [1.82, 2.24) is 0 Å². The van der Waals surface area contributed by atoms with E-state index in [0.29, 0.717) is 6.04 Å². The molecule has 0 aromatic heterocycles. The largest absolute Gasteiger partial charge is 0.367 e. The van der Waals surface area contributed by atoms with E-state index < -0.39 is 0 Å². The van der Waals surface area contributed by atoms with Gasteiger partial charge in [-0.15, -0.1) is 0 Å². The molecule has 2 rings (SSSR count). The molecule has 2 unspecified atom stereocenters.